The Morgan fingerprint density at radius 2 is 1.96 bits per heavy atom. The summed E-state index contributed by atoms with van der Waals surface area (Å²) in [7, 11) is 1.62. The molecule has 0 spiro atoms. The molecule has 0 aliphatic carbocycles. The number of benzene rings is 2. The summed E-state index contributed by atoms with van der Waals surface area (Å²) < 4.78 is 6.08. The minimum Gasteiger partial charge on any atom is -0.496 e. The van der Waals surface area contributed by atoms with Crippen molar-refractivity contribution in [3.63, 3.8) is 0 Å². The summed E-state index contributed by atoms with van der Waals surface area (Å²) >= 11 is 3.46. The van der Waals surface area contributed by atoms with Gasteiger partial charge in [-0.05, 0) is 52.7 Å². The van der Waals surface area contributed by atoms with Crippen molar-refractivity contribution in [1.82, 2.24) is 10.3 Å². The quantitative estimate of drug-likeness (QED) is 0.720. The van der Waals surface area contributed by atoms with Crippen LogP contribution >= 0.6 is 15.9 Å². The van der Waals surface area contributed by atoms with E-state index < -0.39 is 0 Å². The first-order valence-corrected chi connectivity index (χ1v) is 8.38. The van der Waals surface area contributed by atoms with Crippen LogP contribution in [0.25, 0.3) is 10.9 Å². The summed E-state index contributed by atoms with van der Waals surface area (Å²) in [5.41, 5.74) is 2.20. The van der Waals surface area contributed by atoms with Crippen LogP contribution in [0.4, 0.5) is 0 Å². The predicted molar refractivity (Wildman–Crippen MR) is 98.3 cm³/mol. The fourth-order valence-electron chi connectivity index (χ4n) is 2.50. The van der Waals surface area contributed by atoms with Gasteiger partial charge in [0.1, 0.15) is 11.4 Å². The summed E-state index contributed by atoms with van der Waals surface area (Å²) in [5, 5.41) is 3.99. The lowest BCUT2D eigenvalue weighted by atomic mass is 10.1. The number of carbonyl (C=O) groups is 1. The van der Waals surface area contributed by atoms with Crippen molar-refractivity contribution >= 4 is 32.7 Å². The molecule has 1 N–H and O–H groups in total. The van der Waals surface area contributed by atoms with Crippen LogP contribution < -0.4 is 10.1 Å². The van der Waals surface area contributed by atoms with Gasteiger partial charge in [0.15, 0.2) is 0 Å². The second-order valence-corrected chi connectivity index (χ2v) is 6.33. The molecule has 0 aliphatic heterocycles. The van der Waals surface area contributed by atoms with Crippen LogP contribution in [-0.2, 0) is 0 Å². The highest BCUT2D eigenvalue weighted by Crippen LogP contribution is 2.28. The highest BCUT2D eigenvalue weighted by Gasteiger charge is 2.14. The van der Waals surface area contributed by atoms with Crippen LogP contribution in [0, 0.1) is 0 Å². The van der Waals surface area contributed by atoms with Crippen LogP contribution in [-0.4, -0.2) is 18.0 Å². The van der Waals surface area contributed by atoms with Gasteiger partial charge in [-0.2, -0.15) is 0 Å². The molecular weight excluding hydrogens is 368 g/mol. The minimum atomic E-state index is -0.194. The molecular formula is C19H17BrN2O2. The van der Waals surface area contributed by atoms with E-state index in [1.165, 1.54) is 0 Å². The maximum Gasteiger partial charge on any atom is 0.270 e. The lowest BCUT2D eigenvalue weighted by Crippen LogP contribution is -2.27. The van der Waals surface area contributed by atoms with Crippen LogP contribution in [0.3, 0.4) is 0 Å². The van der Waals surface area contributed by atoms with Crippen LogP contribution in [0.5, 0.6) is 5.75 Å². The number of ether oxygens (including phenoxy) is 1. The van der Waals surface area contributed by atoms with Crippen LogP contribution in [0.2, 0.25) is 0 Å². The first-order valence-electron chi connectivity index (χ1n) is 7.58. The molecule has 24 heavy (non-hydrogen) atoms. The van der Waals surface area contributed by atoms with Gasteiger partial charge >= 0.3 is 0 Å². The van der Waals surface area contributed by atoms with Gasteiger partial charge in [0.05, 0.1) is 23.1 Å². The molecule has 3 rings (SSSR count). The maximum absolute atomic E-state index is 12.5. The lowest BCUT2D eigenvalue weighted by molar-refractivity contribution is 0.0935. The Morgan fingerprint density at radius 3 is 2.71 bits per heavy atom. The lowest BCUT2D eigenvalue weighted by Gasteiger charge is -2.15. The van der Waals surface area contributed by atoms with Crippen LogP contribution in [0.1, 0.15) is 29.0 Å². The Hall–Kier alpha value is -2.40. The van der Waals surface area contributed by atoms with Crippen molar-refractivity contribution in [2.45, 2.75) is 13.0 Å². The maximum atomic E-state index is 12.5. The van der Waals surface area contributed by atoms with E-state index in [9.17, 15) is 4.79 Å². The van der Waals surface area contributed by atoms with E-state index >= 15 is 0 Å². The van der Waals surface area contributed by atoms with Crippen molar-refractivity contribution in [2.24, 2.45) is 0 Å². The number of amides is 1. The monoisotopic (exact) mass is 384 g/mol. The average molecular weight is 385 g/mol. The SMILES string of the molecule is COc1ccc([C@H](C)NC(=O)c2ccc3ccccc3n2)cc1Br. The van der Waals surface area contributed by atoms with E-state index in [1.54, 1.807) is 13.2 Å². The smallest absolute Gasteiger partial charge is 0.270 e. The number of rotatable bonds is 4. The number of methoxy groups -OCH3 is 1. The number of hydrogen-bond donors (Lipinski definition) is 1. The number of nitrogens with one attached hydrogen (secondary N) is 1. The molecule has 122 valence electrons. The molecule has 1 atom stereocenters. The Balaban J connectivity index is 1.78. The number of fused-ring (bicyclic) bond motifs is 1. The van der Waals surface area contributed by atoms with Gasteiger partial charge in [0.25, 0.3) is 5.91 Å². The van der Waals surface area contributed by atoms with Gasteiger partial charge in [-0.3, -0.25) is 4.79 Å². The van der Waals surface area contributed by atoms with E-state index in [-0.39, 0.29) is 11.9 Å². The number of hydrogen-bond acceptors (Lipinski definition) is 3. The molecule has 0 unspecified atom stereocenters. The van der Waals surface area contributed by atoms with Crippen molar-refractivity contribution in [3.05, 3.63) is 70.3 Å². The molecule has 3 aromatic rings. The van der Waals surface area contributed by atoms with Crippen molar-refractivity contribution in [3.8, 4) is 5.75 Å². The molecule has 1 heterocycles. The third-order valence-electron chi connectivity index (χ3n) is 3.85. The highest BCUT2D eigenvalue weighted by molar-refractivity contribution is 9.10. The summed E-state index contributed by atoms with van der Waals surface area (Å²) in [6.45, 7) is 1.94. The van der Waals surface area contributed by atoms with Gasteiger partial charge in [-0.1, -0.05) is 30.3 Å². The van der Waals surface area contributed by atoms with E-state index in [4.69, 9.17) is 4.74 Å². The van der Waals surface area contributed by atoms with Gasteiger partial charge in [0, 0.05) is 5.39 Å². The second kappa shape index (κ2) is 7.01. The average Bonchev–Trinajstić information content (AvgIpc) is 2.61. The molecule has 0 saturated heterocycles. The minimum absolute atomic E-state index is 0.145. The Morgan fingerprint density at radius 1 is 1.17 bits per heavy atom. The third-order valence-corrected chi connectivity index (χ3v) is 4.47. The van der Waals surface area contributed by atoms with E-state index in [1.807, 2.05) is 55.5 Å². The number of para-hydroxylation sites is 1. The topological polar surface area (TPSA) is 51.2 Å². The summed E-state index contributed by atoms with van der Waals surface area (Å²) in [6.07, 6.45) is 0. The largest absolute Gasteiger partial charge is 0.496 e. The van der Waals surface area contributed by atoms with E-state index in [2.05, 4.69) is 26.2 Å². The summed E-state index contributed by atoms with van der Waals surface area (Å²) in [4.78, 5) is 16.9. The number of nitrogens with zero attached hydrogens (tertiary/aromatic N) is 1. The molecule has 1 amide bonds. The molecule has 2 aromatic carbocycles. The van der Waals surface area contributed by atoms with E-state index in [0.717, 1.165) is 26.7 Å². The molecule has 0 saturated carbocycles. The fraction of sp³-hybridized carbons (Fsp3) is 0.158. The first kappa shape index (κ1) is 16.5. The molecule has 0 fully saturated rings. The Labute approximate surface area is 149 Å². The van der Waals surface area contributed by atoms with Crippen molar-refractivity contribution in [2.75, 3.05) is 7.11 Å². The summed E-state index contributed by atoms with van der Waals surface area (Å²) in [6, 6.07) is 17.0. The standard InChI is InChI=1S/C19H17BrN2O2/c1-12(14-8-10-18(24-2)15(20)11-14)21-19(23)17-9-7-13-5-3-4-6-16(13)22-17/h3-12H,1-2H3,(H,21,23)/t12-/m0/s1. The predicted octanol–water partition coefficient (Wildman–Crippen LogP) is 4.50. The van der Waals surface area contributed by atoms with Gasteiger partial charge in [-0.25, -0.2) is 4.98 Å². The molecule has 0 radical (unpaired) electrons. The zero-order valence-electron chi connectivity index (χ0n) is 13.4. The highest BCUT2D eigenvalue weighted by atomic mass is 79.9. The fourth-order valence-corrected chi connectivity index (χ4v) is 3.06. The van der Waals surface area contributed by atoms with Gasteiger partial charge in [0.2, 0.25) is 0 Å². The number of aromatic nitrogens is 1. The number of carbonyl (C=O) groups excluding carboxylic acids is 1. The first-order chi connectivity index (χ1) is 11.6. The molecule has 5 heteroatoms. The van der Waals surface area contributed by atoms with Crippen molar-refractivity contribution in [1.29, 1.82) is 0 Å². The third kappa shape index (κ3) is 3.41. The second-order valence-electron chi connectivity index (χ2n) is 5.48. The number of pyridine rings is 1. The normalized spacial score (nSPS) is 12.0. The Bertz CT molecular complexity index is 895. The van der Waals surface area contributed by atoms with Crippen LogP contribution in [0.15, 0.2) is 59.1 Å². The van der Waals surface area contributed by atoms with E-state index in [0.29, 0.717) is 5.69 Å². The van der Waals surface area contributed by atoms with Gasteiger partial charge in [-0.15, -0.1) is 0 Å². The molecule has 4 nitrogen and oxygen atoms in total. The molecule has 0 bridgehead atoms. The molecule has 0 aliphatic rings. The Kier molecular flexibility index (Phi) is 4.81. The number of halogens is 1. The zero-order valence-corrected chi connectivity index (χ0v) is 15.0. The summed E-state index contributed by atoms with van der Waals surface area (Å²) in [5.74, 6) is 0.564. The van der Waals surface area contributed by atoms with Gasteiger partial charge < -0.3 is 10.1 Å². The zero-order chi connectivity index (χ0) is 17.1. The van der Waals surface area contributed by atoms with Crippen molar-refractivity contribution < 1.29 is 9.53 Å². The molecule has 1 aromatic heterocycles.